The molecule has 0 spiro atoms. The third-order valence-electron chi connectivity index (χ3n) is 3.23. The average Bonchev–Trinajstić information content (AvgIpc) is 2.96. The largest absolute Gasteiger partial charge is 0.512 e. The van der Waals surface area contributed by atoms with Crippen LogP contribution in [0.4, 0.5) is 26.3 Å². The van der Waals surface area contributed by atoms with Gasteiger partial charge in [0.05, 0.1) is 0 Å². The minimum Gasteiger partial charge on any atom is -0.338 e. The van der Waals surface area contributed by atoms with Crippen molar-refractivity contribution in [1.29, 1.82) is 0 Å². The Balaban J connectivity index is 0.000000290. The molecule has 0 atom stereocenters. The summed E-state index contributed by atoms with van der Waals surface area (Å²) < 4.78 is 110. The number of nitrogens with zero attached hydrogens (tertiary/aromatic N) is 2. The Morgan fingerprint density at radius 3 is 1.76 bits per heavy atom. The Morgan fingerprint density at radius 2 is 1.38 bits per heavy atom. The number of imidazole rings is 1. The molecule has 1 aromatic carbocycles. The molecule has 0 amide bonds. The van der Waals surface area contributed by atoms with E-state index in [1.807, 2.05) is 25.5 Å². The van der Waals surface area contributed by atoms with Gasteiger partial charge in [-0.2, -0.15) is 26.3 Å². The second-order valence-corrected chi connectivity index (χ2v) is 9.03. The van der Waals surface area contributed by atoms with E-state index in [1.54, 1.807) is 0 Å². The number of rotatable bonds is 5. The molecule has 1 aromatic heterocycles. The van der Waals surface area contributed by atoms with Crippen molar-refractivity contribution in [2.45, 2.75) is 23.9 Å². The maximum absolute atomic E-state index is 11.5. The molecule has 7 nitrogen and oxygen atoms in total. The Hall–Kier alpha value is -2.13. The quantitative estimate of drug-likeness (QED) is 0.682. The molecular weight excluding hydrogens is 452 g/mol. The van der Waals surface area contributed by atoms with Crippen molar-refractivity contribution >= 4 is 20.0 Å². The highest BCUT2D eigenvalue weighted by atomic mass is 32.3. The van der Waals surface area contributed by atoms with Crippen LogP contribution in [0.5, 0.6) is 0 Å². The first-order valence-corrected chi connectivity index (χ1v) is 10.4. The highest BCUT2D eigenvalue weighted by Crippen LogP contribution is 2.27. The van der Waals surface area contributed by atoms with E-state index in [-0.39, 0.29) is 0 Å². The lowest BCUT2D eigenvalue weighted by Gasteiger charge is -2.11. The van der Waals surface area contributed by atoms with E-state index in [0.29, 0.717) is 0 Å². The van der Waals surface area contributed by atoms with Gasteiger partial charge in [0, 0.05) is 25.9 Å². The van der Waals surface area contributed by atoms with Gasteiger partial charge >= 0.3 is 31.1 Å². The number of aromatic nitrogens is 2. The van der Waals surface area contributed by atoms with Gasteiger partial charge in [0.15, 0.2) is 0 Å². The summed E-state index contributed by atoms with van der Waals surface area (Å²) in [5.74, 6) is 1.15. The second kappa shape index (κ2) is 9.13. The smallest absolute Gasteiger partial charge is 0.338 e. The molecule has 0 saturated heterocycles. The lowest BCUT2D eigenvalue weighted by molar-refractivity contribution is -0.0476. The predicted octanol–water partition coefficient (Wildman–Crippen LogP) is 2.48. The van der Waals surface area contributed by atoms with Crippen LogP contribution in [0.15, 0.2) is 42.7 Å². The lowest BCUT2D eigenvalue weighted by Crippen LogP contribution is -2.45. The maximum atomic E-state index is 11.5. The fourth-order valence-electron chi connectivity index (χ4n) is 1.78. The molecule has 15 heteroatoms. The van der Waals surface area contributed by atoms with Crippen LogP contribution in [-0.4, -0.2) is 37.4 Å². The van der Waals surface area contributed by atoms with E-state index in [0.717, 1.165) is 18.7 Å². The van der Waals surface area contributed by atoms with Crippen molar-refractivity contribution in [1.82, 2.24) is 13.7 Å². The molecule has 29 heavy (non-hydrogen) atoms. The molecule has 0 aliphatic heterocycles. The second-order valence-electron chi connectivity index (χ2n) is 5.42. The topological polar surface area (TPSA) is 98.1 Å². The molecule has 2 aromatic rings. The fourth-order valence-corrected chi connectivity index (χ4v) is 3.69. The third kappa shape index (κ3) is 7.32. The molecule has 0 bridgehead atoms. The zero-order chi connectivity index (χ0) is 22.5. The first-order valence-electron chi connectivity index (χ1n) is 7.48. The molecule has 1 heterocycles. The van der Waals surface area contributed by atoms with E-state index in [1.165, 1.54) is 5.56 Å². The number of halogens is 6. The van der Waals surface area contributed by atoms with Crippen molar-refractivity contribution in [3.05, 3.63) is 54.1 Å². The predicted molar refractivity (Wildman–Crippen MR) is 90.1 cm³/mol. The normalized spacial score (nSPS) is 12.9. The molecular formula is C14H15F6N3O4S2. The summed E-state index contributed by atoms with van der Waals surface area (Å²) in [6, 6.07) is 10.5. The van der Waals surface area contributed by atoms with Gasteiger partial charge in [0.2, 0.25) is 0 Å². The zero-order valence-electron chi connectivity index (χ0n) is 14.6. The Labute approximate surface area is 162 Å². The number of nitrogens with one attached hydrogen (secondary N) is 1. The van der Waals surface area contributed by atoms with Gasteiger partial charge < -0.3 is 4.57 Å². The van der Waals surface area contributed by atoms with Crippen molar-refractivity contribution < 1.29 is 43.2 Å². The van der Waals surface area contributed by atoms with Gasteiger partial charge in [-0.15, -0.1) is 0 Å². The maximum Gasteiger partial charge on any atom is 0.512 e. The van der Waals surface area contributed by atoms with Crippen LogP contribution in [0.2, 0.25) is 0 Å². The van der Waals surface area contributed by atoms with Gasteiger partial charge in [-0.3, -0.25) is 0 Å². The monoisotopic (exact) mass is 467 g/mol. The van der Waals surface area contributed by atoms with Crippen molar-refractivity contribution in [3.8, 4) is 0 Å². The van der Waals surface area contributed by atoms with Crippen LogP contribution in [0, 0.1) is 0 Å². The Kier molecular flexibility index (Phi) is 7.84. The van der Waals surface area contributed by atoms with Crippen LogP contribution in [0.25, 0.3) is 0 Å². The van der Waals surface area contributed by atoms with Gasteiger partial charge in [-0.25, -0.2) is 21.8 Å². The number of aryl methyl sites for hydroxylation is 3. The molecule has 1 N–H and O–H groups in total. The number of benzene rings is 1. The number of alkyl halides is 6. The summed E-state index contributed by atoms with van der Waals surface area (Å²) in [6.45, 7) is 0. The molecule has 0 radical (unpaired) electrons. The van der Waals surface area contributed by atoms with Gasteiger partial charge in [-0.05, 0) is 12.0 Å². The van der Waals surface area contributed by atoms with E-state index in [4.69, 9.17) is 0 Å². The summed E-state index contributed by atoms with van der Waals surface area (Å²) in [4.78, 5) is 4.29. The van der Waals surface area contributed by atoms with Gasteiger partial charge in [-0.1, -0.05) is 34.5 Å². The Bertz CT molecular complexity index is 958. The highest BCUT2D eigenvalue weighted by molar-refractivity contribution is 8.05. The number of sulfonamides is 2. The van der Waals surface area contributed by atoms with E-state index in [9.17, 15) is 43.2 Å². The average molecular weight is 467 g/mol. The van der Waals surface area contributed by atoms with Crippen molar-refractivity contribution in [2.75, 3.05) is 0 Å². The summed E-state index contributed by atoms with van der Waals surface area (Å²) in [5, 5.41) is 0. The van der Waals surface area contributed by atoms with Crippen LogP contribution in [0.3, 0.4) is 0 Å². The minimum atomic E-state index is -6.60. The van der Waals surface area contributed by atoms with Crippen LogP contribution >= 0.6 is 0 Å². The molecule has 0 aliphatic rings. The molecule has 0 fully saturated rings. The number of hydrogen-bond donors (Lipinski definition) is 1. The highest BCUT2D eigenvalue weighted by Gasteiger charge is 2.55. The minimum absolute atomic E-state index is 0.493. The van der Waals surface area contributed by atoms with Crippen LogP contribution in [0.1, 0.15) is 11.4 Å². The fraction of sp³-hybridized carbons (Fsp3) is 0.357. The zero-order valence-corrected chi connectivity index (χ0v) is 16.2. The molecule has 0 saturated carbocycles. The van der Waals surface area contributed by atoms with E-state index in [2.05, 4.69) is 33.8 Å². The summed E-state index contributed by atoms with van der Waals surface area (Å²) >= 11 is 0. The third-order valence-corrected chi connectivity index (χ3v) is 6.20. The van der Waals surface area contributed by atoms with Gasteiger partial charge in [0.1, 0.15) is 5.82 Å². The first-order chi connectivity index (χ1) is 13.1. The van der Waals surface area contributed by atoms with Gasteiger partial charge in [0.25, 0.3) is 0 Å². The van der Waals surface area contributed by atoms with Crippen LogP contribution in [-0.2, 0) is 39.9 Å². The standard InChI is InChI=1S/C12H14N2.C2HF6NO4S2/c1-14-10-9-13-12(14)8-7-11-5-3-2-4-6-11;3-1(4,5)14(10,11)9-15(12,13)2(6,7)8/h2-6,9-10H,7-8H2,1H3;9H. The van der Waals surface area contributed by atoms with E-state index < -0.39 is 35.2 Å². The number of hydrogen-bond acceptors (Lipinski definition) is 5. The SMILES string of the molecule is Cn1ccnc1CCc1ccccc1.O=S(=O)(NS(=O)(=O)C(F)(F)F)C(F)(F)F. The lowest BCUT2D eigenvalue weighted by atomic mass is 10.1. The molecule has 2 rings (SSSR count). The summed E-state index contributed by atoms with van der Waals surface area (Å²) in [7, 11) is -11.2. The molecule has 0 unspecified atom stereocenters. The Morgan fingerprint density at radius 1 is 0.897 bits per heavy atom. The van der Waals surface area contributed by atoms with Crippen molar-refractivity contribution in [3.63, 3.8) is 0 Å². The van der Waals surface area contributed by atoms with Crippen molar-refractivity contribution in [2.24, 2.45) is 7.05 Å². The molecule has 0 aliphatic carbocycles. The first kappa shape index (κ1) is 24.9. The summed E-state index contributed by atoms with van der Waals surface area (Å²) in [5.41, 5.74) is -10.9. The summed E-state index contributed by atoms with van der Waals surface area (Å²) in [6.07, 6.45) is 5.90. The van der Waals surface area contributed by atoms with Crippen LogP contribution < -0.4 is 4.13 Å². The van der Waals surface area contributed by atoms with E-state index >= 15 is 0 Å². The molecule has 164 valence electrons.